The molecule has 1 unspecified atom stereocenters. The first-order chi connectivity index (χ1) is 14.0. The van der Waals surface area contributed by atoms with E-state index in [9.17, 15) is 22.0 Å². The molecule has 30 heavy (non-hydrogen) atoms. The van der Waals surface area contributed by atoms with Crippen molar-refractivity contribution < 1.29 is 22.0 Å². The topological polar surface area (TPSA) is 78.5 Å². The van der Waals surface area contributed by atoms with E-state index in [1.807, 2.05) is 20.8 Å². The monoisotopic (exact) mass is 457 g/mol. The van der Waals surface area contributed by atoms with Crippen LogP contribution in [0.15, 0.2) is 46.2 Å². The number of rotatable bonds is 9. The lowest BCUT2D eigenvalue weighted by Gasteiger charge is -2.27. The van der Waals surface area contributed by atoms with Crippen LogP contribution in [-0.4, -0.2) is 44.7 Å². The Balaban J connectivity index is 2.37. The number of sulfonamides is 1. The second kappa shape index (κ2) is 10.2. The summed E-state index contributed by atoms with van der Waals surface area (Å²) in [6.45, 7) is 7.38. The standard InChI is InChI=1S/C20H25F2N3O3S2/c1-5-25(6-2)13(3)23-20(26)14-7-9-17(24-30(4,27)28)19(11-14)29-18-10-8-15(21)12-16(18)22/h7-13,24H,5-6H2,1-4H3,(H,23,26). The highest BCUT2D eigenvalue weighted by molar-refractivity contribution is 7.99. The van der Waals surface area contributed by atoms with Gasteiger partial charge in [0.1, 0.15) is 11.6 Å². The molecule has 164 valence electrons. The Kier molecular flexibility index (Phi) is 8.22. The van der Waals surface area contributed by atoms with Gasteiger partial charge in [0.15, 0.2) is 0 Å². The zero-order valence-corrected chi connectivity index (χ0v) is 18.8. The number of carbonyl (C=O) groups excluding carboxylic acids is 1. The number of carbonyl (C=O) groups is 1. The van der Waals surface area contributed by atoms with Crippen LogP contribution in [-0.2, 0) is 10.0 Å². The summed E-state index contributed by atoms with van der Waals surface area (Å²) in [4.78, 5) is 15.2. The molecule has 10 heteroatoms. The summed E-state index contributed by atoms with van der Waals surface area (Å²) in [6, 6.07) is 7.52. The van der Waals surface area contributed by atoms with Crippen molar-refractivity contribution >= 4 is 33.4 Å². The first-order valence-corrected chi connectivity index (χ1v) is 12.0. The lowest BCUT2D eigenvalue weighted by molar-refractivity contribution is 0.0875. The highest BCUT2D eigenvalue weighted by Gasteiger charge is 2.18. The highest BCUT2D eigenvalue weighted by atomic mass is 32.2. The van der Waals surface area contributed by atoms with Gasteiger partial charge >= 0.3 is 0 Å². The predicted octanol–water partition coefficient (Wildman–Crippen LogP) is 3.91. The summed E-state index contributed by atoms with van der Waals surface area (Å²) < 4.78 is 53.1. The quantitative estimate of drug-likeness (QED) is 0.559. The molecule has 0 aliphatic rings. The van der Waals surface area contributed by atoms with Gasteiger partial charge in [-0.1, -0.05) is 25.6 Å². The summed E-state index contributed by atoms with van der Waals surface area (Å²) in [5.41, 5.74) is 0.484. The molecule has 1 amide bonds. The van der Waals surface area contributed by atoms with Crippen LogP contribution < -0.4 is 10.0 Å². The van der Waals surface area contributed by atoms with Crippen molar-refractivity contribution in [1.29, 1.82) is 0 Å². The molecule has 0 aromatic heterocycles. The van der Waals surface area contributed by atoms with E-state index < -0.39 is 21.7 Å². The number of amides is 1. The van der Waals surface area contributed by atoms with Crippen LogP contribution in [0.1, 0.15) is 31.1 Å². The third-order valence-corrected chi connectivity index (χ3v) is 6.05. The number of nitrogens with zero attached hydrogens (tertiary/aromatic N) is 1. The minimum atomic E-state index is -3.60. The van der Waals surface area contributed by atoms with E-state index in [2.05, 4.69) is 14.9 Å². The van der Waals surface area contributed by atoms with Crippen molar-refractivity contribution in [2.75, 3.05) is 24.1 Å². The van der Waals surface area contributed by atoms with Crippen molar-refractivity contribution in [3.63, 3.8) is 0 Å². The number of halogens is 2. The molecule has 0 saturated carbocycles. The maximum absolute atomic E-state index is 14.1. The minimum absolute atomic E-state index is 0.0991. The molecule has 0 radical (unpaired) electrons. The third kappa shape index (κ3) is 6.68. The fraction of sp³-hybridized carbons (Fsp3) is 0.350. The van der Waals surface area contributed by atoms with Crippen molar-refractivity contribution in [2.24, 2.45) is 0 Å². The van der Waals surface area contributed by atoms with Gasteiger partial charge in [0.25, 0.3) is 5.91 Å². The smallest absolute Gasteiger partial charge is 0.252 e. The molecular weight excluding hydrogens is 432 g/mol. The first-order valence-electron chi connectivity index (χ1n) is 9.33. The molecule has 2 rings (SSSR count). The first kappa shape index (κ1) is 24.1. The van der Waals surface area contributed by atoms with Crippen LogP contribution in [0, 0.1) is 11.6 Å². The molecule has 0 aliphatic heterocycles. The van der Waals surface area contributed by atoms with E-state index in [0.29, 0.717) is 4.90 Å². The summed E-state index contributed by atoms with van der Waals surface area (Å²) >= 11 is 0.897. The Morgan fingerprint density at radius 2 is 1.77 bits per heavy atom. The Bertz CT molecular complexity index is 1010. The summed E-state index contributed by atoms with van der Waals surface area (Å²) in [5, 5.41) is 2.89. The molecule has 2 aromatic carbocycles. The van der Waals surface area contributed by atoms with Crippen molar-refractivity contribution in [3.05, 3.63) is 53.6 Å². The van der Waals surface area contributed by atoms with Crippen molar-refractivity contribution in [3.8, 4) is 0 Å². The van der Waals surface area contributed by atoms with Gasteiger partial charge in [0, 0.05) is 21.4 Å². The summed E-state index contributed by atoms with van der Waals surface area (Å²) in [5.74, 6) is -1.85. The number of hydrogen-bond acceptors (Lipinski definition) is 5. The van der Waals surface area contributed by atoms with E-state index in [-0.39, 0.29) is 28.2 Å². The Labute approximate surface area is 180 Å². The lowest BCUT2D eigenvalue weighted by Crippen LogP contribution is -2.46. The summed E-state index contributed by atoms with van der Waals surface area (Å²) in [6.07, 6.45) is 0.790. The van der Waals surface area contributed by atoms with Gasteiger partial charge in [0.05, 0.1) is 18.1 Å². The zero-order chi connectivity index (χ0) is 22.5. The van der Waals surface area contributed by atoms with E-state index in [1.54, 1.807) is 0 Å². The lowest BCUT2D eigenvalue weighted by atomic mass is 10.2. The fourth-order valence-corrected chi connectivity index (χ4v) is 4.43. The zero-order valence-electron chi connectivity index (χ0n) is 17.2. The molecule has 0 fully saturated rings. The molecular formula is C20H25F2N3O3S2. The normalized spacial score (nSPS) is 12.6. The number of nitrogens with one attached hydrogen (secondary N) is 2. The second-order valence-corrected chi connectivity index (χ2v) is 9.46. The number of benzene rings is 2. The molecule has 0 heterocycles. The predicted molar refractivity (Wildman–Crippen MR) is 115 cm³/mol. The third-order valence-electron chi connectivity index (χ3n) is 4.35. The minimum Gasteiger partial charge on any atom is -0.337 e. The molecule has 0 bridgehead atoms. The maximum atomic E-state index is 14.1. The summed E-state index contributed by atoms with van der Waals surface area (Å²) in [7, 11) is -3.60. The van der Waals surface area contributed by atoms with Gasteiger partial charge in [-0.15, -0.1) is 0 Å². The average Bonchev–Trinajstić information content (AvgIpc) is 2.65. The van der Waals surface area contributed by atoms with E-state index in [4.69, 9.17) is 0 Å². The van der Waals surface area contributed by atoms with Gasteiger partial charge in [-0.2, -0.15) is 0 Å². The number of anilines is 1. The van der Waals surface area contributed by atoms with Crippen LogP contribution in [0.3, 0.4) is 0 Å². The second-order valence-electron chi connectivity index (χ2n) is 6.63. The Morgan fingerprint density at radius 3 is 2.33 bits per heavy atom. The van der Waals surface area contributed by atoms with Gasteiger partial charge in [-0.05, 0) is 50.3 Å². The molecule has 0 spiro atoms. The Hall–Kier alpha value is -2.17. The van der Waals surface area contributed by atoms with Crippen molar-refractivity contribution in [2.45, 2.75) is 36.7 Å². The van der Waals surface area contributed by atoms with Gasteiger partial charge in [-0.3, -0.25) is 14.4 Å². The van der Waals surface area contributed by atoms with Crippen LogP contribution >= 0.6 is 11.8 Å². The van der Waals surface area contributed by atoms with Crippen LogP contribution in [0.4, 0.5) is 14.5 Å². The van der Waals surface area contributed by atoms with Gasteiger partial charge in [0.2, 0.25) is 10.0 Å². The van der Waals surface area contributed by atoms with Crippen LogP contribution in [0.2, 0.25) is 0 Å². The largest absolute Gasteiger partial charge is 0.337 e. The number of hydrogen-bond donors (Lipinski definition) is 2. The van der Waals surface area contributed by atoms with Crippen molar-refractivity contribution in [1.82, 2.24) is 10.2 Å². The molecule has 1 atom stereocenters. The molecule has 2 aromatic rings. The van der Waals surface area contributed by atoms with Crippen LogP contribution in [0.5, 0.6) is 0 Å². The SMILES string of the molecule is CCN(CC)C(C)NC(=O)c1ccc(NS(C)(=O)=O)c(Sc2ccc(F)cc2F)c1. The van der Waals surface area contributed by atoms with Crippen LogP contribution in [0.25, 0.3) is 0 Å². The maximum Gasteiger partial charge on any atom is 0.252 e. The fourth-order valence-electron chi connectivity index (χ4n) is 2.84. The Morgan fingerprint density at radius 1 is 1.10 bits per heavy atom. The average molecular weight is 458 g/mol. The van der Waals surface area contributed by atoms with Gasteiger partial charge in [-0.25, -0.2) is 17.2 Å². The van der Waals surface area contributed by atoms with E-state index in [0.717, 1.165) is 43.2 Å². The molecule has 6 nitrogen and oxygen atoms in total. The highest BCUT2D eigenvalue weighted by Crippen LogP contribution is 2.36. The van der Waals surface area contributed by atoms with E-state index >= 15 is 0 Å². The molecule has 0 saturated heterocycles. The van der Waals surface area contributed by atoms with E-state index in [1.165, 1.54) is 24.3 Å². The molecule has 2 N–H and O–H groups in total. The molecule has 0 aliphatic carbocycles. The van der Waals surface area contributed by atoms with Gasteiger partial charge < -0.3 is 5.32 Å².